The predicted molar refractivity (Wildman–Crippen MR) is 258 cm³/mol. The number of hydrogen-bond acceptors (Lipinski definition) is 4. The molecule has 0 aromatic rings. The van der Waals surface area contributed by atoms with Gasteiger partial charge in [-0.1, -0.05) is 118 Å². The number of ketones is 2. The topological polar surface area (TPSA) is 69.4 Å². The van der Waals surface area contributed by atoms with Gasteiger partial charge < -0.3 is 10.5 Å². The van der Waals surface area contributed by atoms with Crippen LogP contribution in [0.2, 0.25) is 0 Å². The van der Waals surface area contributed by atoms with Gasteiger partial charge in [-0.05, 0) is 185 Å². The summed E-state index contributed by atoms with van der Waals surface area (Å²) in [6.45, 7) is 24.2. The molecule has 59 heavy (non-hydrogen) atoms. The molecule has 0 unspecified atom stereocenters. The quantitative estimate of drug-likeness (QED) is 0.0604. The lowest BCUT2D eigenvalue weighted by Gasteiger charge is -2.18. The molecular weight excluding hydrogens is 723 g/mol. The molecule has 0 saturated heterocycles. The third kappa shape index (κ3) is 24.1. The molecule has 4 nitrogen and oxygen atoms in total. The van der Waals surface area contributed by atoms with E-state index in [9.17, 15) is 9.59 Å². The molecule has 2 N–H and O–H groups in total. The summed E-state index contributed by atoms with van der Waals surface area (Å²) >= 11 is 0. The largest absolute Gasteiger partial charge is 0.491 e. The maximum absolute atomic E-state index is 12.7. The van der Waals surface area contributed by atoms with E-state index in [4.69, 9.17) is 10.5 Å². The van der Waals surface area contributed by atoms with Crippen LogP contribution in [-0.2, 0) is 14.3 Å². The molecule has 1 aliphatic carbocycles. The first kappa shape index (κ1) is 53.1. The van der Waals surface area contributed by atoms with Crippen LogP contribution in [0.4, 0.5) is 0 Å². The van der Waals surface area contributed by atoms with E-state index in [1.54, 1.807) is 6.92 Å². The number of carbonyl (C=O) groups excluding carboxylic acids is 2. The highest BCUT2D eigenvalue weighted by molar-refractivity contribution is 6.23. The van der Waals surface area contributed by atoms with E-state index in [0.29, 0.717) is 17.6 Å². The van der Waals surface area contributed by atoms with Crippen LogP contribution in [-0.4, -0.2) is 18.7 Å². The van der Waals surface area contributed by atoms with Crippen LogP contribution >= 0.6 is 0 Å². The molecule has 1 rings (SSSR count). The first-order valence-electron chi connectivity index (χ1n) is 22.8. The number of methoxy groups -OCH3 is 1. The van der Waals surface area contributed by atoms with Gasteiger partial charge in [-0.2, -0.15) is 0 Å². The SMILES string of the molecule is CCC/C(C)=C/CC/C(C)=C/CC/C(C)=C/CC/C(C)=C/CC/C(C)=C/CC/C(C)=C/CC/C(C)=C/CC/C(C)=C/CC/C(C)=C/CC1=C(C)C(=O)C(N)=C(OC)C1=O. The molecule has 4 heteroatoms. The molecule has 0 heterocycles. The second-order valence-corrected chi connectivity index (χ2v) is 17.4. The second kappa shape index (κ2) is 31.0. The van der Waals surface area contributed by atoms with Crippen LogP contribution in [0.3, 0.4) is 0 Å². The minimum absolute atomic E-state index is 0.0410. The van der Waals surface area contributed by atoms with Crippen LogP contribution in [0.1, 0.15) is 198 Å². The van der Waals surface area contributed by atoms with Gasteiger partial charge in [0.15, 0.2) is 5.76 Å². The zero-order valence-electron chi connectivity index (χ0n) is 39.9. The van der Waals surface area contributed by atoms with Crippen LogP contribution in [0.25, 0.3) is 0 Å². The van der Waals surface area contributed by atoms with Gasteiger partial charge in [-0.3, -0.25) is 9.59 Å². The fourth-order valence-corrected chi connectivity index (χ4v) is 7.28. The number of rotatable bonds is 29. The zero-order chi connectivity index (χ0) is 44.2. The van der Waals surface area contributed by atoms with Gasteiger partial charge in [0.2, 0.25) is 11.6 Å². The average molecular weight is 808 g/mol. The molecule has 0 amide bonds. The first-order chi connectivity index (χ1) is 28.1. The van der Waals surface area contributed by atoms with Gasteiger partial charge in [0.25, 0.3) is 0 Å². The standard InChI is InChI=1S/C55H85NO3/c1-13-22-41(2)23-14-24-42(3)25-15-26-43(4)27-16-28-44(5)29-17-30-45(6)31-18-32-46(7)33-19-34-47(8)35-20-36-48(9)37-21-38-49(10)39-40-51-50(11)53(57)52(56)55(59-12)54(51)58/h23,25,27,29,31,33,35,37,39H,13-22,24,26,28,30,32,34,36,38,40,56H2,1-12H3/b41-23+,42-25+,43-27+,44-29+,45-31+,46-33+,47-35+,48-37+,49-39+. The van der Waals surface area contributed by atoms with Crippen LogP contribution < -0.4 is 5.73 Å². The normalized spacial score (nSPS) is 16.3. The van der Waals surface area contributed by atoms with E-state index >= 15 is 0 Å². The Bertz CT molecular complexity index is 1700. The average Bonchev–Trinajstić information content (AvgIpc) is 3.17. The van der Waals surface area contributed by atoms with E-state index in [0.717, 1.165) is 83.5 Å². The maximum Gasteiger partial charge on any atom is 0.226 e. The van der Waals surface area contributed by atoms with Gasteiger partial charge in [-0.15, -0.1) is 0 Å². The van der Waals surface area contributed by atoms with Crippen molar-refractivity contribution in [3.63, 3.8) is 0 Å². The number of hydrogen-bond donors (Lipinski definition) is 1. The van der Waals surface area contributed by atoms with Crippen molar-refractivity contribution in [2.45, 2.75) is 198 Å². The van der Waals surface area contributed by atoms with Crippen molar-refractivity contribution in [1.82, 2.24) is 0 Å². The lowest BCUT2D eigenvalue weighted by atomic mass is 9.90. The Morgan fingerprint density at radius 3 is 0.949 bits per heavy atom. The molecule has 0 aliphatic heterocycles. The lowest BCUT2D eigenvalue weighted by molar-refractivity contribution is -0.118. The van der Waals surface area contributed by atoms with Gasteiger partial charge in [0, 0.05) is 11.1 Å². The molecule has 0 fully saturated rings. The Balaban J connectivity index is 2.30. The summed E-state index contributed by atoms with van der Waals surface area (Å²) < 4.78 is 5.11. The smallest absolute Gasteiger partial charge is 0.226 e. The number of allylic oxidation sites excluding steroid dienone is 20. The summed E-state index contributed by atoms with van der Waals surface area (Å²) in [4.78, 5) is 25.1. The zero-order valence-corrected chi connectivity index (χ0v) is 39.9. The van der Waals surface area contributed by atoms with Crippen LogP contribution in [0.15, 0.2) is 127 Å². The number of ether oxygens (including phenoxy) is 1. The summed E-state index contributed by atoms with van der Waals surface area (Å²) in [7, 11) is 1.37. The molecule has 328 valence electrons. The molecule has 0 bridgehead atoms. The molecule has 1 aliphatic rings. The van der Waals surface area contributed by atoms with E-state index in [1.165, 1.54) is 89.4 Å². The number of Topliss-reactive ketones (excluding diaryl/α,β-unsaturated/α-hetero) is 2. The van der Waals surface area contributed by atoms with Gasteiger partial charge in [0.1, 0.15) is 5.70 Å². The van der Waals surface area contributed by atoms with Crippen molar-refractivity contribution in [2.75, 3.05) is 7.11 Å². The minimum atomic E-state index is -0.318. The predicted octanol–water partition coefficient (Wildman–Crippen LogP) is 16.2. The Hall–Kier alpha value is -3.92. The van der Waals surface area contributed by atoms with Crippen molar-refractivity contribution in [2.24, 2.45) is 5.73 Å². The van der Waals surface area contributed by atoms with E-state index < -0.39 is 0 Å². The molecule has 0 saturated carbocycles. The van der Waals surface area contributed by atoms with Crippen molar-refractivity contribution < 1.29 is 14.3 Å². The van der Waals surface area contributed by atoms with Crippen LogP contribution in [0.5, 0.6) is 0 Å². The highest BCUT2D eigenvalue weighted by Gasteiger charge is 2.31. The van der Waals surface area contributed by atoms with Gasteiger partial charge in [0.05, 0.1) is 7.11 Å². The highest BCUT2D eigenvalue weighted by Crippen LogP contribution is 2.26. The van der Waals surface area contributed by atoms with Crippen molar-refractivity contribution >= 4 is 11.6 Å². The molecule has 0 radical (unpaired) electrons. The summed E-state index contributed by atoms with van der Waals surface area (Å²) in [6.07, 6.45) is 42.1. The third-order valence-corrected chi connectivity index (χ3v) is 11.5. The molecular formula is C55H85NO3. The maximum atomic E-state index is 12.7. The molecule has 0 atom stereocenters. The third-order valence-electron chi connectivity index (χ3n) is 11.5. The fraction of sp³-hybridized carbons (Fsp3) is 0.564. The Labute approximate surface area is 363 Å². The molecule has 0 spiro atoms. The summed E-state index contributed by atoms with van der Waals surface area (Å²) in [6, 6.07) is 0. The molecule has 0 aromatic heterocycles. The van der Waals surface area contributed by atoms with E-state index in [-0.39, 0.29) is 23.0 Å². The lowest BCUT2D eigenvalue weighted by Crippen LogP contribution is -2.28. The Kier molecular flexibility index (Phi) is 27.9. The van der Waals surface area contributed by atoms with E-state index in [2.05, 4.69) is 118 Å². The number of carbonyl (C=O) groups is 2. The minimum Gasteiger partial charge on any atom is -0.491 e. The van der Waals surface area contributed by atoms with Gasteiger partial charge >= 0.3 is 0 Å². The second-order valence-electron chi connectivity index (χ2n) is 17.4. The monoisotopic (exact) mass is 808 g/mol. The first-order valence-corrected chi connectivity index (χ1v) is 22.8. The van der Waals surface area contributed by atoms with Crippen LogP contribution in [0, 0.1) is 0 Å². The number of nitrogens with two attached hydrogens (primary N) is 1. The van der Waals surface area contributed by atoms with Crippen molar-refractivity contribution in [3.05, 3.63) is 127 Å². The Morgan fingerprint density at radius 2 is 0.695 bits per heavy atom. The fourth-order valence-electron chi connectivity index (χ4n) is 7.28. The highest BCUT2D eigenvalue weighted by atomic mass is 16.5. The van der Waals surface area contributed by atoms with Crippen molar-refractivity contribution in [1.29, 1.82) is 0 Å². The Morgan fingerprint density at radius 1 is 0.441 bits per heavy atom. The van der Waals surface area contributed by atoms with Crippen molar-refractivity contribution in [3.8, 4) is 0 Å². The summed E-state index contributed by atoms with van der Waals surface area (Å²) in [5.41, 5.74) is 19.8. The molecule has 0 aromatic carbocycles. The van der Waals surface area contributed by atoms with Gasteiger partial charge in [-0.25, -0.2) is 0 Å². The summed E-state index contributed by atoms with van der Waals surface area (Å²) in [5, 5.41) is 0. The van der Waals surface area contributed by atoms with E-state index in [1.807, 2.05) is 6.08 Å². The summed E-state index contributed by atoms with van der Waals surface area (Å²) in [5.74, 6) is -0.646.